The largest absolute Gasteiger partial charge is 0.436 e. The van der Waals surface area contributed by atoms with E-state index in [1.165, 1.54) is 12.6 Å². The number of rotatable bonds is 9. The average Bonchev–Trinajstić information content (AvgIpc) is 3.38. The van der Waals surface area contributed by atoms with Crippen molar-refractivity contribution in [2.24, 2.45) is 4.99 Å². The van der Waals surface area contributed by atoms with Gasteiger partial charge in [0, 0.05) is 41.8 Å². The molecule has 4 aromatic rings. The molecule has 2 heterocycles. The zero-order valence-corrected chi connectivity index (χ0v) is 18.6. The van der Waals surface area contributed by atoms with Crippen LogP contribution in [-0.2, 0) is 11.3 Å². The lowest BCUT2D eigenvalue weighted by atomic mass is 10.1. The van der Waals surface area contributed by atoms with E-state index in [4.69, 9.17) is 20.9 Å². The minimum atomic E-state index is -0.327. The number of pyridine rings is 1. The van der Waals surface area contributed by atoms with E-state index < -0.39 is 0 Å². The van der Waals surface area contributed by atoms with Crippen LogP contribution in [0.4, 0.5) is 5.69 Å². The minimum Gasteiger partial charge on any atom is -0.436 e. The lowest BCUT2D eigenvalue weighted by Gasteiger charge is -2.08. The van der Waals surface area contributed by atoms with Gasteiger partial charge in [-0.25, -0.2) is 4.99 Å². The maximum atomic E-state index is 12.9. The van der Waals surface area contributed by atoms with E-state index in [0.717, 1.165) is 5.56 Å². The molecule has 2 aromatic heterocycles. The van der Waals surface area contributed by atoms with Gasteiger partial charge in [0.25, 0.3) is 11.8 Å². The number of hydrogen-bond acceptors (Lipinski definition) is 7. The van der Waals surface area contributed by atoms with Crippen LogP contribution in [0, 0.1) is 0 Å². The summed E-state index contributed by atoms with van der Waals surface area (Å²) in [4.78, 5) is 21.2. The van der Waals surface area contributed by atoms with Gasteiger partial charge in [0.2, 0.25) is 0 Å². The molecule has 0 radical (unpaired) electrons. The predicted molar refractivity (Wildman–Crippen MR) is 130 cm³/mol. The minimum absolute atomic E-state index is 0.327. The van der Waals surface area contributed by atoms with Gasteiger partial charge in [0.15, 0.2) is 0 Å². The second-order valence-corrected chi connectivity index (χ2v) is 7.41. The van der Waals surface area contributed by atoms with Gasteiger partial charge in [-0.15, -0.1) is 0 Å². The molecule has 8 nitrogen and oxygen atoms in total. The molecule has 0 aliphatic heterocycles. The highest BCUT2D eigenvalue weighted by Crippen LogP contribution is 2.22. The van der Waals surface area contributed by atoms with Gasteiger partial charge in [0.1, 0.15) is 12.0 Å². The molecule has 2 N–H and O–H groups in total. The lowest BCUT2D eigenvalue weighted by Crippen LogP contribution is -2.24. The normalized spacial score (nSPS) is 11.4. The van der Waals surface area contributed by atoms with Gasteiger partial charge in [-0.3, -0.25) is 9.78 Å². The second-order valence-electron chi connectivity index (χ2n) is 6.97. The molecule has 9 heteroatoms. The first-order valence-corrected chi connectivity index (χ1v) is 10.7. The predicted octanol–water partition coefficient (Wildman–Crippen LogP) is 5.12. The molecule has 0 aliphatic carbocycles. The maximum absolute atomic E-state index is 12.9. The fraction of sp³-hybridized carbons (Fsp3) is 0.0400. The number of amides is 1. The Morgan fingerprint density at radius 3 is 2.62 bits per heavy atom. The number of nitrogens with one attached hydrogen (secondary N) is 2. The number of aromatic nitrogens is 2. The van der Waals surface area contributed by atoms with Crippen molar-refractivity contribution >= 4 is 35.1 Å². The zero-order chi connectivity index (χ0) is 23.6. The Hall–Kier alpha value is -4.43. The monoisotopic (exact) mass is 473 g/mol. The molecule has 0 saturated carbocycles. The number of carbonyl (C=O) groups is 1. The fourth-order valence-corrected chi connectivity index (χ4v) is 3.02. The Bertz CT molecular complexity index is 1260. The third-order valence-corrected chi connectivity index (χ3v) is 4.82. The van der Waals surface area contributed by atoms with E-state index in [1.807, 2.05) is 30.3 Å². The van der Waals surface area contributed by atoms with E-state index in [-0.39, 0.29) is 5.91 Å². The number of carbonyl (C=O) groups excluding carboxylic acids is 1. The van der Waals surface area contributed by atoms with E-state index in [1.54, 1.807) is 55.0 Å². The van der Waals surface area contributed by atoms with Crippen molar-refractivity contribution in [2.75, 3.05) is 0 Å². The van der Waals surface area contributed by atoms with Crippen LogP contribution in [0.3, 0.4) is 0 Å². The van der Waals surface area contributed by atoms with Crippen molar-refractivity contribution in [3.05, 3.63) is 108 Å². The Labute approximate surface area is 200 Å². The van der Waals surface area contributed by atoms with Gasteiger partial charge in [0.05, 0.1) is 17.6 Å². The molecule has 0 atom stereocenters. The molecular formula is C25H20ClN5O3. The van der Waals surface area contributed by atoms with Gasteiger partial charge in [-0.1, -0.05) is 29.8 Å². The molecule has 0 aliphatic rings. The topological polar surface area (TPSA) is 102 Å². The summed E-state index contributed by atoms with van der Waals surface area (Å²) in [7, 11) is 0. The average molecular weight is 474 g/mol. The molecule has 34 heavy (non-hydrogen) atoms. The molecule has 0 saturated heterocycles. The molecule has 4 rings (SSSR count). The van der Waals surface area contributed by atoms with Gasteiger partial charge in [-0.05, 0) is 53.2 Å². The Balaban J connectivity index is 1.39. The summed E-state index contributed by atoms with van der Waals surface area (Å²) in [6.45, 7) is 0.533. The third-order valence-electron chi connectivity index (χ3n) is 4.57. The fourth-order valence-electron chi connectivity index (χ4n) is 2.89. The summed E-state index contributed by atoms with van der Waals surface area (Å²) in [5, 5.41) is 10.2. The van der Waals surface area contributed by atoms with Gasteiger partial charge < -0.3 is 19.9 Å². The van der Waals surface area contributed by atoms with Crippen LogP contribution < -0.4 is 15.4 Å². The van der Waals surface area contributed by atoms with Gasteiger partial charge in [-0.2, -0.15) is 0 Å². The summed E-state index contributed by atoms with van der Waals surface area (Å²) >= 11 is 5.93. The molecule has 0 spiro atoms. The van der Waals surface area contributed by atoms with Crippen molar-refractivity contribution in [2.45, 2.75) is 6.54 Å². The Morgan fingerprint density at radius 2 is 1.91 bits per heavy atom. The number of nitrogens with zero attached hydrogens (tertiary/aromatic N) is 3. The standard InChI is InChI=1S/C25H20ClN5O3/c26-20-5-3-18(4-6-20)14-28-16-23(19-2-1-12-27-15-19)25(32)30-17-29-21-7-9-22(10-8-21)34-24-11-13-33-31-24/h1-13,15-17,28H,14H2,(H,29,30,32)/b23-16-. The third kappa shape index (κ3) is 6.54. The summed E-state index contributed by atoms with van der Waals surface area (Å²) in [5.41, 5.74) is 2.76. The molecule has 1 amide bonds. The summed E-state index contributed by atoms with van der Waals surface area (Å²) in [5.74, 6) is 0.625. The quantitative estimate of drug-likeness (QED) is 0.199. The van der Waals surface area contributed by atoms with Crippen LogP contribution in [0.1, 0.15) is 11.1 Å². The Morgan fingerprint density at radius 1 is 1.09 bits per heavy atom. The van der Waals surface area contributed by atoms with Gasteiger partial charge >= 0.3 is 0 Å². The smallest absolute Gasteiger partial charge is 0.259 e. The number of aliphatic imine (C=N–C) groups is 1. The molecule has 0 unspecified atom stereocenters. The molecule has 0 bridgehead atoms. The molecule has 170 valence electrons. The number of halogens is 1. The van der Waals surface area contributed by atoms with Crippen LogP contribution in [0.5, 0.6) is 11.6 Å². The first-order valence-electron chi connectivity index (χ1n) is 10.3. The number of ether oxygens (including phenoxy) is 1. The van der Waals surface area contributed by atoms with Crippen molar-refractivity contribution in [3.63, 3.8) is 0 Å². The van der Waals surface area contributed by atoms with Crippen molar-refractivity contribution in [1.82, 2.24) is 20.8 Å². The van der Waals surface area contributed by atoms with Crippen LogP contribution in [-0.4, -0.2) is 22.4 Å². The van der Waals surface area contributed by atoms with E-state index in [0.29, 0.717) is 40.0 Å². The maximum Gasteiger partial charge on any atom is 0.259 e. The molecular weight excluding hydrogens is 454 g/mol. The zero-order valence-electron chi connectivity index (χ0n) is 17.9. The molecule has 2 aromatic carbocycles. The molecule has 0 fully saturated rings. The lowest BCUT2D eigenvalue weighted by molar-refractivity contribution is -0.114. The number of benzene rings is 2. The van der Waals surface area contributed by atoms with Crippen molar-refractivity contribution in [3.8, 4) is 11.6 Å². The van der Waals surface area contributed by atoms with Crippen molar-refractivity contribution in [1.29, 1.82) is 0 Å². The van der Waals surface area contributed by atoms with Crippen molar-refractivity contribution < 1.29 is 14.1 Å². The van der Waals surface area contributed by atoms with Crippen LogP contribution in [0.25, 0.3) is 5.57 Å². The van der Waals surface area contributed by atoms with E-state index in [2.05, 4.69) is 25.8 Å². The first-order chi connectivity index (χ1) is 16.7. The van der Waals surface area contributed by atoms with E-state index in [9.17, 15) is 4.79 Å². The summed E-state index contributed by atoms with van der Waals surface area (Å²) in [6.07, 6.45) is 7.71. The van der Waals surface area contributed by atoms with E-state index >= 15 is 0 Å². The first kappa shape index (κ1) is 22.8. The number of hydrogen-bond donors (Lipinski definition) is 2. The Kier molecular flexibility index (Phi) is 7.66. The summed E-state index contributed by atoms with van der Waals surface area (Å²) in [6, 6.07) is 19.7. The summed E-state index contributed by atoms with van der Waals surface area (Å²) < 4.78 is 10.3. The SMILES string of the molecule is O=C(NC=Nc1ccc(Oc2ccon2)cc1)/C(=C\NCc1ccc(Cl)cc1)c1cccnc1. The van der Waals surface area contributed by atoms with Crippen LogP contribution in [0.2, 0.25) is 5.02 Å². The highest BCUT2D eigenvalue weighted by atomic mass is 35.5. The second kappa shape index (κ2) is 11.4. The highest BCUT2D eigenvalue weighted by Gasteiger charge is 2.11. The van der Waals surface area contributed by atoms with Crippen LogP contribution in [0.15, 0.2) is 101 Å². The van der Waals surface area contributed by atoms with Crippen LogP contribution >= 0.6 is 11.6 Å². The highest BCUT2D eigenvalue weighted by molar-refractivity contribution is 6.30.